The van der Waals surface area contributed by atoms with Crippen molar-refractivity contribution in [3.05, 3.63) is 5.53 Å². The molecule has 0 aromatic rings. The lowest BCUT2D eigenvalue weighted by Crippen LogP contribution is -1.60. The molecule has 3 heteroatoms. The van der Waals surface area contributed by atoms with Crippen LogP contribution >= 0.6 is 0 Å². The molecule has 0 atom stereocenters. The Morgan fingerprint density at radius 1 is 1.80 bits per heavy atom. The number of nitrogens with zero attached hydrogens (tertiary/aromatic N) is 2. The van der Waals surface area contributed by atoms with Crippen LogP contribution in [0, 0.1) is 0 Å². The van der Waals surface area contributed by atoms with Crippen LogP contribution in [0.4, 0.5) is 0 Å². The standard InChI is InChI=1S/CH4N2Si.CH4/c2-3-1-4;/h1H,4H3;1H4. The van der Waals surface area contributed by atoms with Crippen molar-refractivity contribution in [3.63, 3.8) is 0 Å². The molecule has 5 heavy (non-hydrogen) atoms. The van der Waals surface area contributed by atoms with E-state index in [0.717, 1.165) is 10.2 Å². The van der Waals surface area contributed by atoms with Gasteiger partial charge in [-0.3, -0.25) is 0 Å². The molecule has 0 saturated heterocycles. The summed E-state index contributed by atoms with van der Waals surface area (Å²) >= 11 is 0. The van der Waals surface area contributed by atoms with Crippen molar-refractivity contribution >= 4 is 16.1 Å². The molecule has 0 spiro atoms. The average molecular weight is 88.2 g/mol. The molecule has 0 unspecified atom stereocenters. The first-order valence-electron chi connectivity index (χ1n) is 1.04. The summed E-state index contributed by atoms with van der Waals surface area (Å²) in [4.78, 5) is 2.67. The van der Waals surface area contributed by atoms with E-state index in [1.54, 1.807) is 0 Å². The van der Waals surface area contributed by atoms with Gasteiger partial charge in [0.15, 0.2) is 0 Å². The van der Waals surface area contributed by atoms with Gasteiger partial charge in [0.25, 0.3) is 0 Å². The van der Waals surface area contributed by atoms with Gasteiger partial charge in [-0.1, -0.05) is 7.43 Å². The fraction of sp³-hybridized carbons (Fsp3) is 0.500. The summed E-state index contributed by atoms with van der Waals surface area (Å²) < 4.78 is 0. The molecule has 0 bridgehead atoms. The molecular weight excluding hydrogens is 80.1 g/mol. The number of hydrogen-bond acceptors (Lipinski definition) is 0. The van der Waals surface area contributed by atoms with Crippen LogP contribution in [0.3, 0.4) is 0 Å². The molecule has 0 aliphatic rings. The second-order valence-corrected chi connectivity index (χ2v) is 0.890. The molecule has 0 heterocycles. The molecule has 0 N–H and O–H groups in total. The van der Waals surface area contributed by atoms with E-state index >= 15 is 0 Å². The third kappa shape index (κ3) is 25.7. The van der Waals surface area contributed by atoms with Crippen LogP contribution in [-0.2, 0) is 0 Å². The fourth-order valence-corrected chi connectivity index (χ4v) is 0. The largest absolute Gasteiger partial charge is 0.363 e. The number of hydrogen-bond donors (Lipinski definition) is 0. The van der Waals surface area contributed by atoms with E-state index in [1.165, 1.54) is 5.84 Å². The van der Waals surface area contributed by atoms with E-state index in [4.69, 9.17) is 5.53 Å². The summed E-state index contributed by atoms with van der Waals surface area (Å²) in [6.07, 6.45) is 0. The summed E-state index contributed by atoms with van der Waals surface area (Å²) in [5.41, 5.74) is 7.48. The van der Waals surface area contributed by atoms with Gasteiger partial charge in [-0.2, -0.15) is 4.79 Å². The third-order valence-corrected chi connectivity index (χ3v) is 0.346. The SMILES string of the molecule is C.[N-]=[N+]=C[SiH3]. The maximum Gasteiger partial charge on any atom is 0.215 e. The molecular formula is C2H8N2Si. The zero-order valence-corrected chi connectivity index (χ0v) is 4.47. The molecule has 0 aromatic heterocycles. The van der Waals surface area contributed by atoms with Gasteiger partial charge in [0.2, 0.25) is 5.84 Å². The molecule has 0 aliphatic carbocycles. The molecule has 30 valence electrons. The highest BCUT2D eigenvalue weighted by Gasteiger charge is 1.39. The van der Waals surface area contributed by atoms with E-state index in [-0.39, 0.29) is 7.43 Å². The van der Waals surface area contributed by atoms with Crippen molar-refractivity contribution in [2.75, 3.05) is 0 Å². The van der Waals surface area contributed by atoms with Crippen molar-refractivity contribution in [2.24, 2.45) is 0 Å². The van der Waals surface area contributed by atoms with E-state index in [2.05, 4.69) is 4.79 Å². The quantitative estimate of drug-likeness (QED) is 0.162. The molecule has 0 aliphatic heterocycles. The van der Waals surface area contributed by atoms with E-state index in [1.807, 2.05) is 0 Å². The van der Waals surface area contributed by atoms with Gasteiger partial charge in [-0.15, -0.1) is 0 Å². The van der Waals surface area contributed by atoms with Gasteiger partial charge in [-0.05, 0) is 0 Å². The minimum atomic E-state index is 0. The monoisotopic (exact) mass is 88.0 g/mol. The Morgan fingerprint density at radius 2 is 2.00 bits per heavy atom. The summed E-state index contributed by atoms with van der Waals surface area (Å²) in [6, 6.07) is 0. The molecule has 2 nitrogen and oxygen atoms in total. The van der Waals surface area contributed by atoms with Crippen molar-refractivity contribution in [1.29, 1.82) is 0 Å². The zero-order chi connectivity index (χ0) is 3.41. The smallest absolute Gasteiger partial charge is 0.215 e. The molecule has 0 radical (unpaired) electrons. The summed E-state index contributed by atoms with van der Waals surface area (Å²) in [5, 5.41) is 0. The lowest BCUT2D eigenvalue weighted by Gasteiger charge is -1.31. The Bertz CT molecular complexity index is 45.6. The fourth-order valence-electron chi connectivity index (χ4n) is 0. The van der Waals surface area contributed by atoms with Crippen LogP contribution in [0.5, 0.6) is 0 Å². The molecule has 0 aromatic carbocycles. The highest BCUT2D eigenvalue weighted by Crippen LogP contribution is 1.07. The van der Waals surface area contributed by atoms with Crippen LogP contribution in [0.1, 0.15) is 7.43 Å². The normalized spacial score (nSPS) is 4.00. The highest BCUT2D eigenvalue weighted by atomic mass is 28.1. The van der Waals surface area contributed by atoms with Gasteiger partial charge in [0.1, 0.15) is 10.2 Å². The predicted molar refractivity (Wildman–Crippen MR) is 26.4 cm³/mol. The highest BCUT2D eigenvalue weighted by molar-refractivity contribution is 6.48. The average Bonchev–Trinajstić information content (AvgIpc) is 1.37. The second-order valence-electron chi connectivity index (χ2n) is 0.374. The van der Waals surface area contributed by atoms with Crippen LogP contribution in [0.25, 0.3) is 5.53 Å². The lowest BCUT2D eigenvalue weighted by atomic mass is 11.7. The van der Waals surface area contributed by atoms with Crippen LogP contribution in [0.2, 0.25) is 0 Å². The summed E-state index contributed by atoms with van der Waals surface area (Å²) in [6.45, 7) is 0. The van der Waals surface area contributed by atoms with Crippen molar-refractivity contribution in [2.45, 2.75) is 7.43 Å². The number of rotatable bonds is 0. The van der Waals surface area contributed by atoms with Crippen molar-refractivity contribution in [1.82, 2.24) is 0 Å². The van der Waals surface area contributed by atoms with Gasteiger partial charge in [-0.25, -0.2) is 0 Å². The van der Waals surface area contributed by atoms with Gasteiger partial charge in [0, 0.05) is 0 Å². The third-order valence-electron chi connectivity index (χ3n) is 0.115. The first kappa shape index (κ1) is 8.82. The first-order valence-corrected chi connectivity index (χ1v) is 2.19. The van der Waals surface area contributed by atoms with Crippen LogP contribution in [-0.4, -0.2) is 20.9 Å². The van der Waals surface area contributed by atoms with Gasteiger partial charge < -0.3 is 5.53 Å². The first-order chi connectivity index (χ1) is 1.91. The lowest BCUT2D eigenvalue weighted by molar-refractivity contribution is 0.00769. The maximum atomic E-state index is 7.48. The summed E-state index contributed by atoms with van der Waals surface area (Å²) in [5.74, 6) is 1.44. The Kier molecular flexibility index (Phi) is 16.8. The Labute approximate surface area is 34.9 Å². The van der Waals surface area contributed by atoms with E-state index in [9.17, 15) is 0 Å². The predicted octanol–water partition coefficient (Wildman–Crippen LogP) is -0.754. The minimum absolute atomic E-state index is 0. The van der Waals surface area contributed by atoms with Crippen molar-refractivity contribution < 1.29 is 4.79 Å². The Hall–Kier alpha value is -0.403. The Balaban J connectivity index is 0. The second kappa shape index (κ2) is 9.51. The Morgan fingerprint density at radius 3 is 2.00 bits per heavy atom. The van der Waals surface area contributed by atoms with Crippen LogP contribution < -0.4 is 0 Å². The van der Waals surface area contributed by atoms with E-state index < -0.39 is 0 Å². The molecule has 0 amide bonds. The topological polar surface area (TPSA) is 36.4 Å². The summed E-state index contributed by atoms with van der Waals surface area (Å²) in [7, 11) is 0.848. The molecule has 0 fully saturated rings. The minimum Gasteiger partial charge on any atom is -0.363 e. The maximum absolute atomic E-state index is 7.48. The van der Waals surface area contributed by atoms with Crippen LogP contribution in [0.15, 0.2) is 0 Å². The van der Waals surface area contributed by atoms with E-state index in [0.29, 0.717) is 0 Å². The van der Waals surface area contributed by atoms with Crippen molar-refractivity contribution in [3.8, 4) is 0 Å². The van der Waals surface area contributed by atoms with Gasteiger partial charge >= 0.3 is 0 Å². The zero-order valence-electron chi connectivity index (χ0n) is 2.47. The molecule has 0 rings (SSSR count). The van der Waals surface area contributed by atoms with Gasteiger partial charge in [0.05, 0.1) is 0 Å². The molecule has 0 saturated carbocycles.